The Balaban J connectivity index is 2.85. The lowest BCUT2D eigenvalue weighted by molar-refractivity contribution is -0.496. The van der Waals surface area contributed by atoms with Crippen molar-refractivity contribution in [1.29, 1.82) is 0 Å². The number of hydrogen-bond acceptors (Lipinski definition) is 3. The summed E-state index contributed by atoms with van der Waals surface area (Å²) in [6.07, 6.45) is 0.0305. The maximum Gasteiger partial charge on any atom is 0.232 e. The molecular weight excluding hydrogens is 182 g/mol. The Kier molecular flexibility index (Phi) is 3.45. The van der Waals surface area contributed by atoms with Gasteiger partial charge in [-0.3, -0.25) is 10.1 Å². The van der Waals surface area contributed by atoms with E-state index in [1.165, 1.54) is 0 Å². The average molecular weight is 195 g/mol. The molecule has 0 bridgehead atoms. The molecule has 0 aliphatic carbocycles. The van der Waals surface area contributed by atoms with Gasteiger partial charge in [0.25, 0.3) is 0 Å². The third kappa shape index (κ3) is 3.05. The van der Waals surface area contributed by atoms with Crippen LogP contribution in [0.25, 0.3) is 0 Å². The van der Waals surface area contributed by atoms with Crippen LogP contribution in [0.15, 0.2) is 24.3 Å². The van der Waals surface area contributed by atoms with Gasteiger partial charge in [-0.15, -0.1) is 0 Å². The molecule has 0 aliphatic rings. The molecule has 0 aliphatic heterocycles. The smallest absolute Gasteiger partial charge is 0.232 e. The van der Waals surface area contributed by atoms with Crippen LogP contribution in [0.2, 0.25) is 0 Å². The van der Waals surface area contributed by atoms with Crippen molar-refractivity contribution in [3.63, 3.8) is 0 Å². The maximum atomic E-state index is 10.4. The molecule has 0 N–H and O–H groups in total. The lowest BCUT2D eigenvalue weighted by atomic mass is 10.2. The lowest BCUT2D eigenvalue weighted by Gasteiger charge is -2.11. The Bertz CT molecular complexity index is 323. The van der Waals surface area contributed by atoms with Crippen molar-refractivity contribution < 1.29 is 9.66 Å². The molecule has 1 aromatic carbocycles. The molecule has 1 aromatic rings. The van der Waals surface area contributed by atoms with Gasteiger partial charge in [0.05, 0.1) is 11.7 Å². The van der Waals surface area contributed by atoms with Crippen molar-refractivity contribution >= 4 is 0 Å². The molecule has 14 heavy (non-hydrogen) atoms. The van der Waals surface area contributed by atoms with E-state index in [0.29, 0.717) is 11.3 Å². The van der Waals surface area contributed by atoms with E-state index in [-0.39, 0.29) is 17.6 Å². The summed E-state index contributed by atoms with van der Waals surface area (Å²) in [5.41, 5.74) is 0.617. The van der Waals surface area contributed by atoms with Crippen LogP contribution in [0.1, 0.15) is 19.4 Å². The van der Waals surface area contributed by atoms with Crippen LogP contribution >= 0.6 is 0 Å². The lowest BCUT2D eigenvalue weighted by Crippen LogP contribution is -2.09. The first kappa shape index (κ1) is 10.5. The number of nitrogens with zero attached hydrogens (tertiary/aromatic N) is 1. The monoisotopic (exact) mass is 195 g/mol. The Hall–Kier alpha value is -1.58. The summed E-state index contributed by atoms with van der Waals surface area (Å²) < 4.78 is 5.44. The molecule has 0 unspecified atom stereocenters. The van der Waals surface area contributed by atoms with Gasteiger partial charge in [0, 0.05) is 4.92 Å². The Morgan fingerprint density at radius 2 is 2.07 bits per heavy atom. The third-order valence-corrected chi connectivity index (χ3v) is 1.63. The minimum atomic E-state index is -0.359. The fraction of sp³-hybridized carbons (Fsp3) is 0.400. The number of nitro groups is 1. The molecule has 0 saturated heterocycles. The molecular formula is C10H13NO3. The van der Waals surface area contributed by atoms with Crippen LogP contribution in [-0.2, 0) is 6.54 Å². The minimum Gasteiger partial charge on any atom is -0.490 e. The first-order valence-electron chi connectivity index (χ1n) is 4.46. The highest BCUT2D eigenvalue weighted by Gasteiger charge is 2.09. The largest absolute Gasteiger partial charge is 0.490 e. The standard InChI is InChI=1S/C10H13NO3/c1-8(2)14-10-6-4-3-5-9(10)7-11(12)13/h3-6,8H,7H2,1-2H3. The normalized spacial score (nSPS) is 10.2. The van der Waals surface area contributed by atoms with Crippen molar-refractivity contribution in [2.75, 3.05) is 0 Å². The number of ether oxygens (including phenoxy) is 1. The predicted molar refractivity (Wildman–Crippen MR) is 52.9 cm³/mol. The fourth-order valence-corrected chi connectivity index (χ4v) is 1.14. The molecule has 0 radical (unpaired) electrons. The molecule has 0 atom stereocenters. The first-order valence-corrected chi connectivity index (χ1v) is 4.46. The zero-order valence-electron chi connectivity index (χ0n) is 8.27. The van der Waals surface area contributed by atoms with Gasteiger partial charge >= 0.3 is 0 Å². The van der Waals surface area contributed by atoms with Gasteiger partial charge < -0.3 is 4.74 Å². The van der Waals surface area contributed by atoms with E-state index in [9.17, 15) is 10.1 Å². The molecule has 0 aromatic heterocycles. The Morgan fingerprint density at radius 1 is 1.43 bits per heavy atom. The van der Waals surface area contributed by atoms with Crippen molar-refractivity contribution in [3.05, 3.63) is 39.9 Å². The topological polar surface area (TPSA) is 52.4 Å². The summed E-state index contributed by atoms with van der Waals surface area (Å²) in [6.45, 7) is 3.59. The van der Waals surface area contributed by atoms with E-state index in [0.717, 1.165) is 0 Å². The van der Waals surface area contributed by atoms with E-state index >= 15 is 0 Å². The van der Waals surface area contributed by atoms with E-state index in [2.05, 4.69) is 0 Å². The van der Waals surface area contributed by atoms with Crippen molar-refractivity contribution in [3.8, 4) is 5.75 Å². The van der Waals surface area contributed by atoms with Crippen LogP contribution in [0.4, 0.5) is 0 Å². The van der Waals surface area contributed by atoms with Gasteiger partial charge in [-0.05, 0) is 26.0 Å². The SMILES string of the molecule is CC(C)Oc1ccccc1C[N+](=O)[O-]. The number of rotatable bonds is 4. The molecule has 0 saturated carbocycles. The van der Waals surface area contributed by atoms with E-state index in [4.69, 9.17) is 4.74 Å². The number of benzene rings is 1. The van der Waals surface area contributed by atoms with E-state index in [1.54, 1.807) is 24.3 Å². The quantitative estimate of drug-likeness (QED) is 0.547. The highest BCUT2D eigenvalue weighted by atomic mass is 16.6. The minimum absolute atomic E-state index is 0.0305. The van der Waals surface area contributed by atoms with Gasteiger partial charge in [0.2, 0.25) is 6.54 Å². The number of para-hydroxylation sites is 1. The summed E-state index contributed by atoms with van der Waals surface area (Å²) in [5.74, 6) is 0.596. The van der Waals surface area contributed by atoms with Crippen molar-refractivity contribution in [2.45, 2.75) is 26.5 Å². The molecule has 0 amide bonds. The van der Waals surface area contributed by atoms with Gasteiger partial charge in [-0.25, -0.2) is 0 Å². The van der Waals surface area contributed by atoms with E-state index in [1.807, 2.05) is 13.8 Å². The molecule has 0 heterocycles. The molecule has 76 valence electrons. The molecule has 0 fully saturated rings. The van der Waals surface area contributed by atoms with Gasteiger partial charge in [0.1, 0.15) is 5.75 Å². The third-order valence-electron chi connectivity index (χ3n) is 1.63. The predicted octanol–water partition coefficient (Wildman–Crippen LogP) is 2.25. The Morgan fingerprint density at radius 3 is 2.64 bits per heavy atom. The van der Waals surface area contributed by atoms with Crippen molar-refractivity contribution in [2.24, 2.45) is 0 Å². The van der Waals surface area contributed by atoms with Crippen LogP contribution in [0.5, 0.6) is 5.75 Å². The highest BCUT2D eigenvalue weighted by molar-refractivity contribution is 5.32. The number of hydrogen-bond donors (Lipinski definition) is 0. The maximum absolute atomic E-state index is 10.4. The fourth-order valence-electron chi connectivity index (χ4n) is 1.14. The molecule has 4 heteroatoms. The van der Waals surface area contributed by atoms with Crippen LogP contribution < -0.4 is 4.74 Å². The van der Waals surface area contributed by atoms with Crippen LogP contribution in [0, 0.1) is 10.1 Å². The summed E-state index contributed by atoms with van der Waals surface area (Å²) in [6, 6.07) is 7.03. The van der Waals surface area contributed by atoms with Crippen LogP contribution in [0.3, 0.4) is 0 Å². The Labute approximate surface area is 82.7 Å². The zero-order valence-corrected chi connectivity index (χ0v) is 8.27. The first-order chi connectivity index (χ1) is 6.59. The van der Waals surface area contributed by atoms with Gasteiger partial charge in [-0.2, -0.15) is 0 Å². The highest BCUT2D eigenvalue weighted by Crippen LogP contribution is 2.19. The molecule has 4 nitrogen and oxygen atoms in total. The molecule has 0 spiro atoms. The van der Waals surface area contributed by atoms with Gasteiger partial charge in [-0.1, -0.05) is 12.1 Å². The van der Waals surface area contributed by atoms with Gasteiger partial charge in [0.15, 0.2) is 0 Å². The average Bonchev–Trinajstić information content (AvgIpc) is 2.06. The second kappa shape index (κ2) is 4.60. The van der Waals surface area contributed by atoms with Crippen molar-refractivity contribution in [1.82, 2.24) is 0 Å². The summed E-state index contributed by atoms with van der Waals surface area (Å²) in [4.78, 5) is 10.00. The summed E-state index contributed by atoms with van der Waals surface area (Å²) in [5, 5.41) is 10.4. The second-order valence-electron chi connectivity index (χ2n) is 3.27. The summed E-state index contributed by atoms with van der Waals surface area (Å²) in [7, 11) is 0. The molecule has 1 rings (SSSR count). The summed E-state index contributed by atoms with van der Waals surface area (Å²) >= 11 is 0. The zero-order chi connectivity index (χ0) is 10.6. The second-order valence-corrected chi connectivity index (χ2v) is 3.27. The van der Waals surface area contributed by atoms with Crippen LogP contribution in [-0.4, -0.2) is 11.0 Å². The van der Waals surface area contributed by atoms with E-state index < -0.39 is 0 Å².